The van der Waals surface area contributed by atoms with Crippen molar-refractivity contribution in [3.63, 3.8) is 0 Å². The number of benzene rings is 3. The number of carbonyl (C=O) groups is 2. The first-order valence-corrected chi connectivity index (χ1v) is 8.89. The van der Waals surface area contributed by atoms with Crippen LogP contribution in [0.4, 0.5) is 4.39 Å². The molecule has 0 N–H and O–H groups in total. The number of para-hydroxylation sites is 1. The maximum Gasteiger partial charge on any atom is 0.254 e. The first kappa shape index (κ1) is 19.3. The fourth-order valence-electron chi connectivity index (χ4n) is 2.77. The highest BCUT2D eigenvalue weighted by Gasteiger charge is 2.20. The van der Waals surface area contributed by atoms with Crippen LogP contribution in [0.1, 0.15) is 26.3 Å². The number of likely N-dealkylation sites (N-methyl/N-ethyl adjacent to an activating group) is 1. The Hall–Kier alpha value is -3.47. The SMILES string of the molecule is CN(CCOc1ccccc1F)C(=O)c1ccccc1C(=O)c1ccccc1. The zero-order chi connectivity index (χ0) is 19.9. The van der Waals surface area contributed by atoms with Crippen molar-refractivity contribution in [1.82, 2.24) is 4.90 Å². The summed E-state index contributed by atoms with van der Waals surface area (Å²) in [6.07, 6.45) is 0. The lowest BCUT2D eigenvalue weighted by atomic mass is 9.97. The number of ketones is 1. The van der Waals surface area contributed by atoms with Crippen LogP contribution >= 0.6 is 0 Å². The quantitative estimate of drug-likeness (QED) is 0.580. The van der Waals surface area contributed by atoms with E-state index in [9.17, 15) is 14.0 Å². The molecule has 0 aromatic heterocycles. The first-order chi connectivity index (χ1) is 13.6. The molecule has 3 aromatic carbocycles. The zero-order valence-corrected chi connectivity index (χ0v) is 15.5. The number of hydrogen-bond acceptors (Lipinski definition) is 3. The summed E-state index contributed by atoms with van der Waals surface area (Å²) in [5.41, 5.74) is 1.19. The van der Waals surface area contributed by atoms with Gasteiger partial charge in [-0.1, -0.05) is 60.7 Å². The summed E-state index contributed by atoms with van der Waals surface area (Å²) < 4.78 is 19.0. The molecule has 3 rings (SSSR count). The first-order valence-electron chi connectivity index (χ1n) is 8.89. The summed E-state index contributed by atoms with van der Waals surface area (Å²) >= 11 is 0. The van der Waals surface area contributed by atoms with Crippen molar-refractivity contribution in [3.05, 3.63) is 101 Å². The molecule has 0 heterocycles. The van der Waals surface area contributed by atoms with Crippen molar-refractivity contribution in [1.29, 1.82) is 0 Å². The Bertz CT molecular complexity index is 972. The van der Waals surface area contributed by atoms with Crippen LogP contribution in [-0.4, -0.2) is 36.8 Å². The van der Waals surface area contributed by atoms with Gasteiger partial charge in [-0.15, -0.1) is 0 Å². The van der Waals surface area contributed by atoms with E-state index in [-0.39, 0.29) is 30.6 Å². The number of rotatable bonds is 7. The van der Waals surface area contributed by atoms with E-state index in [4.69, 9.17) is 4.74 Å². The fraction of sp³-hybridized carbons (Fsp3) is 0.130. The second-order valence-electron chi connectivity index (χ2n) is 6.25. The van der Waals surface area contributed by atoms with Gasteiger partial charge in [0.05, 0.1) is 12.1 Å². The molecule has 0 aliphatic carbocycles. The zero-order valence-electron chi connectivity index (χ0n) is 15.5. The van der Waals surface area contributed by atoms with Crippen LogP contribution in [0, 0.1) is 5.82 Å². The molecule has 0 spiro atoms. The topological polar surface area (TPSA) is 46.6 Å². The Kier molecular flexibility index (Phi) is 6.17. The van der Waals surface area contributed by atoms with Gasteiger partial charge in [-0.05, 0) is 18.2 Å². The number of ether oxygens (including phenoxy) is 1. The van der Waals surface area contributed by atoms with Gasteiger partial charge in [0, 0.05) is 18.2 Å². The standard InChI is InChI=1S/C23H20FNO3/c1-25(15-16-28-21-14-8-7-13-20(21)24)23(27)19-12-6-5-11-18(19)22(26)17-9-3-2-4-10-17/h2-14H,15-16H2,1H3. The number of nitrogens with zero attached hydrogens (tertiary/aromatic N) is 1. The Morgan fingerprint density at radius 2 is 1.46 bits per heavy atom. The molecule has 4 nitrogen and oxygen atoms in total. The molecular weight excluding hydrogens is 357 g/mol. The molecule has 0 aliphatic rings. The summed E-state index contributed by atoms with van der Waals surface area (Å²) in [7, 11) is 1.62. The van der Waals surface area contributed by atoms with E-state index < -0.39 is 5.82 Å². The third-order valence-electron chi connectivity index (χ3n) is 4.31. The Morgan fingerprint density at radius 1 is 0.857 bits per heavy atom. The van der Waals surface area contributed by atoms with Crippen molar-refractivity contribution in [3.8, 4) is 5.75 Å². The smallest absolute Gasteiger partial charge is 0.254 e. The summed E-state index contributed by atoms with van der Waals surface area (Å²) in [5, 5.41) is 0. The average Bonchev–Trinajstić information content (AvgIpc) is 2.74. The number of hydrogen-bond donors (Lipinski definition) is 0. The molecule has 0 atom stereocenters. The number of amides is 1. The van der Waals surface area contributed by atoms with Gasteiger partial charge in [-0.2, -0.15) is 0 Å². The molecule has 0 fully saturated rings. The van der Waals surface area contributed by atoms with Gasteiger partial charge in [-0.25, -0.2) is 4.39 Å². The largest absolute Gasteiger partial charge is 0.489 e. The summed E-state index contributed by atoms with van der Waals surface area (Å²) in [5.74, 6) is -0.809. The fourth-order valence-corrected chi connectivity index (χ4v) is 2.77. The van der Waals surface area contributed by atoms with Crippen molar-refractivity contribution >= 4 is 11.7 Å². The third-order valence-corrected chi connectivity index (χ3v) is 4.31. The van der Waals surface area contributed by atoms with E-state index in [1.165, 1.54) is 17.0 Å². The van der Waals surface area contributed by atoms with Crippen LogP contribution in [0.15, 0.2) is 78.9 Å². The van der Waals surface area contributed by atoms with Crippen LogP contribution in [0.2, 0.25) is 0 Å². The minimum Gasteiger partial charge on any atom is -0.489 e. The highest BCUT2D eigenvalue weighted by atomic mass is 19.1. The van der Waals surface area contributed by atoms with Gasteiger partial charge in [0.2, 0.25) is 0 Å². The number of halogens is 1. The second kappa shape index (κ2) is 8.95. The molecule has 0 unspecified atom stereocenters. The lowest BCUT2D eigenvalue weighted by Gasteiger charge is -2.19. The van der Waals surface area contributed by atoms with Crippen LogP contribution in [0.3, 0.4) is 0 Å². The lowest BCUT2D eigenvalue weighted by Crippen LogP contribution is -2.32. The lowest BCUT2D eigenvalue weighted by molar-refractivity contribution is 0.0768. The normalized spacial score (nSPS) is 10.4. The van der Waals surface area contributed by atoms with Gasteiger partial charge in [0.1, 0.15) is 6.61 Å². The van der Waals surface area contributed by atoms with Crippen molar-refractivity contribution in [2.75, 3.05) is 20.2 Å². The van der Waals surface area contributed by atoms with Crippen LogP contribution in [-0.2, 0) is 0 Å². The van der Waals surface area contributed by atoms with Crippen molar-refractivity contribution in [2.24, 2.45) is 0 Å². The molecular formula is C23H20FNO3. The van der Waals surface area contributed by atoms with E-state index >= 15 is 0 Å². The summed E-state index contributed by atoms with van der Waals surface area (Å²) in [6, 6.07) is 21.7. The minimum absolute atomic E-state index is 0.137. The van der Waals surface area contributed by atoms with Crippen LogP contribution < -0.4 is 4.74 Å². The Balaban J connectivity index is 1.70. The molecule has 0 bridgehead atoms. The van der Waals surface area contributed by atoms with E-state index in [0.717, 1.165) is 0 Å². The van der Waals surface area contributed by atoms with Crippen LogP contribution in [0.5, 0.6) is 5.75 Å². The van der Waals surface area contributed by atoms with Gasteiger partial charge < -0.3 is 9.64 Å². The molecule has 0 aliphatic heterocycles. The monoisotopic (exact) mass is 377 g/mol. The summed E-state index contributed by atoms with van der Waals surface area (Å²) in [6.45, 7) is 0.388. The molecule has 142 valence electrons. The molecule has 5 heteroatoms. The highest BCUT2D eigenvalue weighted by molar-refractivity contribution is 6.15. The maximum absolute atomic E-state index is 13.6. The minimum atomic E-state index is -0.449. The molecule has 0 saturated heterocycles. The van der Waals surface area contributed by atoms with E-state index in [2.05, 4.69) is 0 Å². The van der Waals surface area contributed by atoms with E-state index in [0.29, 0.717) is 16.7 Å². The molecule has 1 amide bonds. The van der Waals surface area contributed by atoms with Crippen molar-refractivity contribution in [2.45, 2.75) is 0 Å². The number of carbonyl (C=O) groups excluding carboxylic acids is 2. The Labute approximate surface area is 163 Å². The van der Waals surface area contributed by atoms with E-state index in [1.54, 1.807) is 67.7 Å². The third kappa shape index (κ3) is 4.43. The maximum atomic E-state index is 13.6. The van der Waals surface area contributed by atoms with Gasteiger partial charge in [0.15, 0.2) is 17.3 Å². The van der Waals surface area contributed by atoms with Gasteiger partial charge in [-0.3, -0.25) is 9.59 Å². The molecule has 28 heavy (non-hydrogen) atoms. The van der Waals surface area contributed by atoms with Gasteiger partial charge >= 0.3 is 0 Å². The van der Waals surface area contributed by atoms with Crippen molar-refractivity contribution < 1.29 is 18.7 Å². The molecule has 0 radical (unpaired) electrons. The average molecular weight is 377 g/mol. The molecule has 0 saturated carbocycles. The Morgan fingerprint density at radius 3 is 2.18 bits per heavy atom. The van der Waals surface area contributed by atoms with E-state index in [1.807, 2.05) is 6.07 Å². The molecule has 3 aromatic rings. The predicted octanol–water partition coefficient (Wildman–Crippen LogP) is 4.21. The van der Waals surface area contributed by atoms with Gasteiger partial charge in [0.25, 0.3) is 5.91 Å². The second-order valence-corrected chi connectivity index (χ2v) is 6.25. The highest BCUT2D eigenvalue weighted by Crippen LogP contribution is 2.17. The van der Waals surface area contributed by atoms with Crippen LogP contribution in [0.25, 0.3) is 0 Å². The predicted molar refractivity (Wildman–Crippen MR) is 105 cm³/mol. The summed E-state index contributed by atoms with van der Waals surface area (Å²) in [4.78, 5) is 27.1.